The number of unbranched alkanes of at least 4 members (excludes halogenated alkanes) is 1. The van der Waals surface area contributed by atoms with Crippen molar-refractivity contribution in [2.75, 3.05) is 12.4 Å². The van der Waals surface area contributed by atoms with Crippen LogP contribution in [0.5, 0.6) is 5.75 Å². The van der Waals surface area contributed by atoms with E-state index in [1.54, 1.807) is 37.6 Å². The molecule has 30 heavy (non-hydrogen) atoms. The van der Waals surface area contributed by atoms with E-state index in [0.29, 0.717) is 23.4 Å². The fraction of sp³-hybridized carbons (Fsp3) is 0.208. The Balaban J connectivity index is 1.67. The van der Waals surface area contributed by atoms with E-state index >= 15 is 0 Å². The molecule has 0 aromatic heterocycles. The average molecular weight is 403 g/mol. The summed E-state index contributed by atoms with van der Waals surface area (Å²) in [7, 11) is 1.60. The summed E-state index contributed by atoms with van der Waals surface area (Å²) in [5.74, 6) is 0.312. The van der Waals surface area contributed by atoms with Crippen molar-refractivity contribution in [2.45, 2.75) is 26.2 Å². The Morgan fingerprint density at radius 1 is 1.03 bits per heavy atom. The molecule has 3 aromatic rings. The maximum absolute atomic E-state index is 12.4. The Morgan fingerprint density at radius 3 is 2.53 bits per heavy atom. The second-order valence-electron chi connectivity index (χ2n) is 6.83. The maximum Gasteiger partial charge on any atom is 0.271 e. The van der Waals surface area contributed by atoms with Crippen molar-refractivity contribution in [3.05, 3.63) is 71.8 Å². The lowest BCUT2D eigenvalue weighted by atomic mass is 10.0. The Labute approximate surface area is 175 Å². The zero-order chi connectivity index (χ0) is 21.3. The zero-order valence-electron chi connectivity index (χ0n) is 17.1. The van der Waals surface area contributed by atoms with Crippen molar-refractivity contribution < 1.29 is 14.3 Å². The molecule has 6 heteroatoms. The molecule has 2 amide bonds. The summed E-state index contributed by atoms with van der Waals surface area (Å²) >= 11 is 0. The first kappa shape index (κ1) is 21.0. The molecule has 0 aliphatic rings. The van der Waals surface area contributed by atoms with E-state index in [4.69, 9.17) is 4.74 Å². The molecule has 0 spiro atoms. The number of hydrogen-bond donors (Lipinski definition) is 2. The van der Waals surface area contributed by atoms with Crippen LogP contribution >= 0.6 is 0 Å². The van der Waals surface area contributed by atoms with Gasteiger partial charge in [-0.15, -0.1) is 0 Å². The van der Waals surface area contributed by atoms with Crippen molar-refractivity contribution in [1.82, 2.24) is 5.43 Å². The fourth-order valence-electron chi connectivity index (χ4n) is 3.07. The number of fused-ring (bicyclic) bond motifs is 1. The monoisotopic (exact) mass is 403 g/mol. The summed E-state index contributed by atoms with van der Waals surface area (Å²) in [6, 6.07) is 18.5. The number of carbonyl (C=O) groups is 2. The van der Waals surface area contributed by atoms with Gasteiger partial charge in [0.25, 0.3) is 5.91 Å². The molecule has 0 unspecified atom stereocenters. The topological polar surface area (TPSA) is 79.8 Å². The van der Waals surface area contributed by atoms with Gasteiger partial charge in [0.05, 0.1) is 13.3 Å². The third-order valence-electron chi connectivity index (χ3n) is 4.70. The molecule has 0 heterocycles. The van der Waals surface area contributed by atoms with E-state index in [9.17, 15) is 9.59 Å². The molecule has 0 radical (unpaired) electrons. The number of nitrogens with one attached hydrogen (secondary N) is 2. The minimum atomic E-state index is -0.339. The summed E-state index contributed by atoms with van der Waals surface area (Å²) in [6.07, 6.45) is 3.90. The van der Waals surface area contributed by atoms with Crippen LogP contribution < -0.4 is 15.5 Å². The average Bonchev–Trinajstić information content (AvgIpc) is 2.78. The third-order valence-corrected chi connectivity index (χ3v) is 4.70. The number of anilines is 1. The molecule has 3 aromatic carbocycles. The van der Waals surface area contributed by atoms with E-state index in [1.165, 1.54) is 0 Å². The van der Waals surface area contributed by atoms with Crippen LogP contribution in [0.25, 0.3) is 10.8 Å². The molecule has 0 atom stereocenters. The molecule has 0 fully saturated rings. The number of hydrogen-bond acceptors (Lipinski definition) is 4. The number of methoxy groups -OCH3 is 1. The molecule has 0 saturated carbocycles. The van der Waals surface area contributed by atoms with Gasteiger partial charge >= 0.3 is 0 Å². The first-order valence-corrected chi connectivity index (χ1v) is 9.91. The van der Waals surface area contributed by atoms with Crippen molar-refractivity contribution in [1.29, 1.82) is 0 Å². The van der Waals surface area contributed by atoms with Crippen LogP contribution in [0.4, 0.5) is 5.69 Å². The number of hydrazone groups is 1. The molecule has 154 valence electrons. The summed E-state index contributed by atoms with van der Waals surface area (Å²) in [5.41, 5.74) is 4.44. The van der Waals surface area contributed by atoms with E-state index < -0.39 is 0 Å². The first-order chi connectivity index (χ1) is 14.6. The maximum atomic E-state index is 12.4. The third kappa shape index (κ3) is 5.23. The van der Waals surface area contributed by atoms with Crippen molar-refractivity contribution >= 4 is 34.5 Å². The number of amides is 2. The molecule has 6 nitrogen and oxygen atoms in total. The van der Waals surface area contributed by atoms with Gasteiger partial charge in [0.15, 0.2) is 0 Å². The summed E-state index contributed by atoms with van der Waals surface area (Å²) in [5, 5.41) is 8.97. The Bertz CT molecular complexity index is 1060. The number of carbonyl (C=O) groups excluding carboxylic acids is 2. The second-order valence-corrected chi connectivity index (χ2v) is 6.83. The van der Waals surface area contributed by atoms with Crippen LogP contribution in [0, 0.1) is 0 Å². The predicted octanol–water partition coefficient (Wildman–Crippen LogP) is 4.74. The van der Waals surface area contributed by atoms with Crippen molar-refractivity contribution in [2.24, 2.45) is 5.10 Å². The van der Waals surface area contributed by atoms with Gasteiger partial charge in [-0.2, -0.15) is 5.10 Å². The highest BCUT2D eigenvalue weighted by molar-refractivity contribution is 6.03. The lowest BCUT2D eigenvalue weighted by Crippen LogP contribution is -2.18. The van der Waals surface area contributed by atoms with Gasteiger partial charge in [0, 0.05) is 23.2 Å². The molecule has 0 aliphatic heterocycles. The number of rotatable bonds is 8. The molecular weight excluding hydrogens is 378 g/mol. The van der Waals surface area contributed by atoms with E-state index in [0.717, 1.165) is 29.2 Å². The van der Waals surface area contributed by atoms with Gasteiger partial charge in [0.1, 0.15) is 5.75 Å². The van der Waals surface area contributed by atoms with Crippen LogP contribution in [-0.2, 0) is 4.79 Å². The predicted molar refractivity (Wildman–Crippen MR) is 120 cm³/mol. The molecular formula is C24H25N3O3. The second kappa shape index (κ2) is 10.2. The largest absolute Gasteiger partial charge is 0.496 e. The van der Waals surface area contributed by atoms with Gasteiger partial charge in [-0.3, -0.25) is 9.59 Å². The van der Waals surface area contributed by atoms with E-state index in [-0.39, 0.29) is 11.8 Å². The molecule has 2 N–H and O–H groups in total. The number of benzene rings is 3. The normalized spacial score (nSPS) is 10.9. The van der Waals surface area contributed by atoms with Crippen LogP contribution in [0.3, 0.4) is 0 Å². The summed E-state index contributed by atoms with van der Waals surface area (Å²) in [4.78, 5) is 24.2. The number of ether oxygens (including phenoxy) is 1. The molecule has 3 rings (SSSR count). The first-order valence-electron chi connectivity index (χ1n) is 9.91. The number of nitrogens with zero attached hydrogens (tertiary/aromatic N) is 1. The smallest absolute Gasteiger partial charge is 0.271 e. The molecule has 0 saturated heterocycles. The van der Waals surface area contributed by atoms with Crippen LogP contribution in [0.15, 0.2) is 65.8 Å². The summed E-state index contributed by atoms with van der Waals surface area (Å²) < 4.78 is 5.43. The lowest BCUT2D eigenvalue weighted by Gasteiger charge is -2.08. The summed E-state index contributed by atoms with van der Waals surface area (Å²) in [6.45, 7) is 2.04. The van der Waals surface area contributed by atoms with Crippen molar-refractivity contribution in [3.8, 4) is 5.75 Å². The molecule has 0 bridgehead atoms. The Hall–Kier alpha value is -3.67. The van der Waals surface area contributed by atoms with Gasteiger partial charge in [-0.05, 0) is 47.5 Å². The highest BCUT2D eigenvalue weighted by Crippen LogP contribution is 2.26. The lowest BCUT2D eigenvalue weighted by molar-refractivity contribution is -0.116. The molecule has 0 aliphatic carbocycles. The van der Waals surface area contributed by atoms with Crippen LogP contribution in [-0.4, -0.2) is 25.1 Å². The fourth-order valence-corrected chi connectivity index (χ4v) is 3.07. The van der Waals surface area contributed by atoms with Gasteiger partial charge in [-0.25, -0.2) is 5.43 Å². The quantitative estimate of drug-likeness (QED) is 0.421. The SMILES string of the molecule is CCCCC(=O)Nc1ccc(C(=O)N/N=C/c2c(OC)ccc3ccccc23)cc1. The zero-order valence-corrected chi connectivity index (χ0v) is 17.1. The van der Waals surface area contributed by atoms with Crippen LogP contribution in [0.1, 0.15) is 42.1 Å². The Kier molecular flexibility index (Phi) is 7.16. The highest BCUT2D eigenvalue weighted by atomic mass is 16.5. The van der Waals surface area contributed by atoms with Gasteiger partial charge in [0.2, 0.25) is 5.91 Å². The van der Waals surface area contributed by atoms with E-state index in [2.05, 4.69) is 15.8 Å². The van der Waals surface area contributed by atoms with Crippen molar-refractivity contribution in [3.63, 3.8) is 0 Å². The Morgan fingerprint density at radius 2 is 1.80 bits per heavy atom. The van der Waals surface area contributed by atoms with Gasteiger partial charge in [-0.1, -0.05) is 43.7 Å². The van der Waals surface area contributed by atoms with Crippen LogP contribution in [0.2, 0.25) is 0 Å². The van der Waals surface area contributed by atoms with E-state index in [1.807, 2.05) is 43.3 Å². The minimum absolute atomic E-state index is 0.0253. The van der Waals surface area contributed by atoms with Gasteiger partial charge < -0.3 is 10.1 Å². The minimum Gasteiger partial charge on any atom is -0.496 e. The standard InChI is InChI=1S/C24H25N3O3/c1-3-4-9-23(28)26-19-13-10-18(11-14-19)24(29)27-25-16-21-20-8-6-5-7-17(20)12-15-22(21)30-2/h5-8,10-16H,3-4,9H2,1-2H3,(H,26,28)(H,27,29)/b25-16+. The highest BCUT2D eigenvalue weighted by Gasteiger charge is 2.08.